The van der Waals surface area contributed by atoms with Gasteiger partial charge >= 0.3 is 0 Å². The number of amides is 1. The van der Waals surface area contributed by atoms with Gasteiger partial charge < -0.3 is 15.1 Å². The van der Waals surface area contributed by atoms with Gasteiger partial charge in [-0.1, -0.05) is 0 Å². The average molecular weight is 253 g/mol. The van der Waals surface area contributed by atoms with Crippen LogP contribution in [0.2, 0.25) is 0 Å². The van der Waals surface area contributed by atoms with Crippen molar-refractivity contribution in [2.45, 2.75) is 39.2 Å². The van der Waals surface area contributed by atoms with Crippen LogP contribution in [0.4, 0.5) is 0 Å². The lowest BCUT2D eigenvalue weighted by molar-refractivity contribution is -0.131. The minimum absolute atomic E-state index is 0.339. The van der Waals surface area contributed by atoms with Gasteiger partial charge in [-0.3, -0.25) is 4.79 Å². The Balaban J connectivity index is 1.78. The number of carbonyl (C=O) groups is 1. The van der Waals surface area contributed by atoms with Gasteiger partial charge in [0.15, 0.2) is 0 Å². The van der Waals surface area contributed by atoms with Gasteiger partial charge in [0.1, 0.15) is 0 Å². The SMILES string of the molecule is CC(C)N1CCC(CN2CCNCCC2=O)CC1. The largest absolute Gasteiger partial charge is 0.341 e. The smallest absolute Gasteiger partial charge is 0.223 e. The quantitative estimate of drug-likeness (QED) is 0.813. The molecule has 4 heteroatoms. The Hall–Kier alpha value is -0.610. The highest BCUT2D eigenvalue weighted by Gasteiger charge is 2.25. The van der Waals surface area contributed by atoms with E-state index < -0.39 is 0 Å². The number of hydrogen-bond donors (Lipinski definition) is 1. The van der Waals surface area contributed by atoms with Crippen LogP contribution in [0.1, 0.15) is 33.1 Å². The van der Waals surface area contributed by atoms with E-state index in [0.717, 1.165) is 26.2 Å². The summed E-state index contributed by atoms with van der Waals surface area (Å²) < 4.78 is 0. The van der Waals surface area contributed by atoms with E-state index in [4.69, 9.17) is 0 Å². The first kappa shape index (κ1) is 13.8. The third-order valence-corrected chi connectivity index (χ3v) is 4.28. The van der Waals surface area contributed by atoms with Crippen LogP contribution in [-0.4, -0.2) is 61.0 Å². The number of piperidine rings is 1. The molecule has 2 saturated heterocycles. The van der Waals surface area contributed by atoms with Crippen LogP contribution < -0.4 is 5.32 Å². The zero-order chi connectivity index (χ0) is 13.0. The van der Waals surface area contributed by atoms with E-state index in [1.165, 1.54) is 25.9 Å². The predicted octanol–water partition coefficient (Wildman–Crippen LogP) is 0.929. The van der Waals surface area contributed by atoms with Crippen molar-refractivity contribution in [3.8, 4) is 0 Å². The van der Waals surface area contributed by atoms with Crippen molar-refractivity contribution in [2.24, 2.45) is 5.92 Å². The maximum atomic E-state index is 11.9. The van der Waals surface area contributed by atoms with Crippen molar-refractivity contribution in [3.05, 3.63) is 0 Å². The monoisotopic (exact) mass is 253 g/mol. The highest BCUT2D eigenvalue weighted by atomic mass is 16.2. The molecule has 0 aromatic carbocycles. The molecule has 18 heavy (non-hydrogen) atoms. The van der Waals surface area contributed by atoms with Gasteiger partial charge in [0.2, 0.25) is 5.91 Å². The molecule has 2 aliphatic rings. The van der Waals surface area contributed by atoms with Crippen LogP contribution in [0.15, 0.2) is 0 Å². The summed E-state index contributed by atoms with van der Waals surface area (Å²) in [5.41, 5.74) is 0. The molecule has 2 fully saturated rings. The first-order chi connectivity index (χ1) is 8.66. The molecule has 4 nitrogen and oxygen atoms in total. The second kappa shape index (κ2) is 6.53. The van der Waals surface area contributed by atoms with E-state index in [-0.39, 0.29) is 0 Å². The fraction of sp³-hybridized carbons (Fsp3) is 0.929. The summed E-state index contributed by atoms with van der Waals surface area (Å²) in [5, 5.41) is 3.30. The lowest BCUT2D eigenvalue weighted by Gasteiger charge is -2.36. The Morgan fingerprint density at radius 2 is 1.94 bits per heavy atom. The fourth-order valence-electron chi connectivity index (χ4n) is 2.97. The molecule has 1 N–H and O–H groups in total. The molecule has 0 aromatic rings. The number of rotatable bonds is 3. The zero-order valence-corrected chi connectivity index (χ0v) is 11.8. The van der Waals surface area contributed by atoms with Crippen molar-refractivity contribution in [2.75, 3.05) is 39.3 Å². The Labute approximate surface area is 111 Å². The van der Waals surface area contributed by atoms with Gasteiger partial charge in [0.05, 0.1) is 0 Å². The molecule has 1 amide bonds. The van der Waals surface area contributed by atoms with Crippen LogP contribution in [-0.2, 0) is 4.79 Å². The van der Waals surface area contributed by atoms with Gasteiger partial charge in [-0.25, -0.2) is 0 Å². The maximum absolute atomic E-state index is 11.9. The molecular formula is C14H27N3O. The number of nitrogens with one attached hydrogen (secondary N) is 1. The highest BCUT2D eigenvalue weighted by Crippen LogP contribution is 2.20. The van der Waals surface area contributed by atoms with E-state index in [2.05, 4.69) is 29.0 Å². The minimum Gasteiger partial charge on any atom is -0.341 e. The predicted molar refractivity (Wildman–Crippen MR) is 73.5 cm³/mol. The summed E-state index contributed by atoms with van der Waals surface area (Å²) >= 11 is 0. The van der Waals surface area contributed by atoms with E-state index in [0.29, 0.717) is 24.3 Å². The van der Waals surface area contributed by atoms with Crippen LogP contribution in [0.5, 0.6) is 0 Å². The van der Waals surface area contributed by atoms with Crippen LogP contribution >= 0.6 is 0 Å². The summed E-state index contributed by atoms with van der Waals surface area (Å²) in [7, 11) is 0. The standard InChI is InChI=1S/C14H27N3O/c1-12(2)16-8-4-13(5-9-16)11-17-10-7-15-6-3-14(17)18/h12-13,15H,3-11H2,1-2H3. The Morgan fingerprint density at radius 1 is 1.22 bits per heavy atom. The molecule has 0 spiro atoms. The van der Waals surface area contributed by atoms with Crippen LogP contribution in [0.3, 0.4) is 0 Å². The molecule has 0 atom stereocenters. The van der Waals surface area contributed by atoms with E-state index in [1.807, 2.05) is 0 Å². The summed E-state index contributed by atoms with van der Waals surface area (Å²) in [6.45, 7) is 10.6. The van der Waals surface area contributed by atoms with Gasteiger partial charge in [-0.05, 0) is 45.7 Å². The van der Waals surface area contributed by atoms with Gasteiger partial charge in [-0.2, -0.15) is 0 Å². The molecule has 0 unspecified atom stereocenters. The summed E-state index contributed by atoms with van der Waals surface area (Å²) in [6.07, 6.45) is 3.16. The number of hydrogen-bond acceptors (Lipinski definition) is 3. The summed E-state index contributed by atoms with van der Waals surface area (Å²) in [4.78, 5) is 16.6. The zero-order valence-electron chi connectivity index (χ0n) is 11.8. The van der Waals surface area contributed by atoms with Crippen molar-refractivity contribution < 1.29 is 4.79 Å². The Bertz CT molecular complexity index is 272. The normalized spacial score (nSPS) is 24.6. The minimum atomic E-state index is 0.339. The van der Waals surface area contributed by atoms with Gasteiger partial charge in [-0.15, -0.1) is 0 Å². The first-order valence-electron chi connectivity index (χ1n) is 7.39. The number of nitrogens with zero attached hydrogens (tertiary/aromatic N) is 2. The molecule has 0 aromatic heterocycles. The molecule has 0 saturated carbocycles. The number of carbonyl (C=O) groups excluding carboxylic acids is 1. The molecule has 2 rings (SSSR count). The topological polar surface area (TPSA) is 35.6 Å². The van der Waals surface area contributed by atoms with Crippen molar-refractivity contribution >= 4 is 5.91 Å². The summed E-state index contributed by atoms with van der Waals surface area (Å²) in [5.74, 6) is 1.05. The third kappa shape index (κ3) is 3.69. The molecule has 0 radical (unpaired) electrons. The van der Waals surface area contributed by atoms with E-state index >= 15 is 0 Å². The Kier molecular flexibility index (Phi) is 5.01. The van der Waals surface area contributed by atoms with Crippen LogP contribution in [0, 0.1) is 5.92 Å². The molecule has 2 aliphatic heterocycles. The van der Waals surface area contributed by atoms with Crippen molar-refractivity contribution in [3.63, 3.8) is 0 Å². The first-order valence-corrected chi connectivity index (χ1v) is 7.39. The van der Waals surface area contributed by atoms with Crippen LogP contribution in [0.25, 0.3) is 0 Å². The number of likely N-dealkylation sites (tertiary alicyclic amines) is 1. The van der Waals surface area contributed by atoms with Gasteiger partial charge in [0, 0.05) is 38.6 Å². The molecule has 104 valence electrons. The summed E-state index contributed by atoms with van der Waals surface area (Å²) in [6, 6.07) is 0.662. The Morgan fingerprint density at radius 3 is 2.61 bits per heavy atom. The van der Waals surface area contributed by atoms with Crippen molar-refractivity contribution in [1.29, 1.82) is 0 Å². The molecule has 2 heterocycles. The van der Waals surface area contributed by atoms with Gasteiger partial charge in [0.25, 0.3) is 0 Å². The lowest BCUT2D eigenvalue weighted by Crippen LogP contribution is -2.43. The average Bonchev–Trinajstić information content (AvgIpc) is 2.56. The molecule has 0 aliphatic carbocycles. The highest BCUT2D eigenvalue weighted by molar-refractivity contribution is 5.76. The second-order valence-corrected chi connectivity index (χ2v) is 5.91. The van der Waals surface area contributed by atoms with E-state index in [1.54, 1.807) is 0 Å². The lowest BCUT2D eigenvalue weighted by atomic mass is 9.95. The molecular weight excluding hydrogens is 226 g/mol. The second-order valence-electron chi connectivity index (χ2n) is 5.91. The third-order valence-electron chi connectivity index (χ3n) is 4.28. The molecule has 0 bridgehead atoms. The fourth-order valence-corrected chi connectivity index (χ4v) is 2.97. The maximum Gasteiger partial charge on any atom is 0.223 e. The van der Waals surface area contributed by atoms with Crippen molar-refractivity contribution in [1.82, 2.24) is 15.1 Å². The van der Waals surface area contributed by atoms with E-state index in [9.17, 15) is 4.79 Å².